The number of unbranched alkanes of at least 4 members (excludes halogenated alkanes) is 2. The van der Waals surface area contributed by atoms with Gasteiger partial charge in [0.2, 0.25) is 0 Å². The highest BCUT2D eigenvalue weighted by Crippen LogP contribution is 2.09. The molecule has 0 heterocycles. The predicted octanol–water partition coefficient (Wildman–Crippen LogP) is 2.82. The van der Waals surface area contributed by atoms with E-state index >= 15 is 0 Å². The van der Waals surface area contributed by atoms with E-state index in [1.165, 1.54) is 0 Å². The van der Waals surface area contributed by atoms with Crippen molar-refractivity contribution in [1.29, 1.82) is 10.5 Å². The highest BCUT2D eigenvalue weighted by atomic mass is 16.1. The highest BCUT2D eigenvalue weighted by Gasteiger charge is 2.04. The van der Waals surface area contributed by atoms with Gasteiger partial charge < -0.3 is 0 Å². The molecule has 0 saturated carbocycles. The molecule has 0 aliphatic rings. The van der Waals surface area contributed by atoms with Gasteiger partial charge in [-0.3, -0.25) is 4.79 Å². The van der Waals surface area contributed by atoms with E-state index in [0.717, 1.165) is 12.8 Å². The lowest BCUT2D eigenvalue weighted by atomic mass is 10.0. The van der Waals surface area contributed by atoms with Crippen LogP contribution in [0.5, 0.6) is 0 Å². The van der Waals surface area contributed by atoms with E-state index in [4.69, 9.17) is 10.5 Å². The third kappa shape index (κ3) is 3.55. The summed E-state index contributed by atoms with van der Waals surface area (Å²) < 4.78 is 0. The first kappa shape index (κ1) is 11.9. The molecule has 0 spiro atoms. The summed E-state index contributed by atoms with van der Waals surface area (Å²) in [6.07, 6.45) is 2.47. The minimum Gasteiger partial charge on any atom is -0.294 e. The lowest BCUT2D eigenvalue weighted by molar-refractivity contribution is 0.0979. The number of nitrogens with zero attached hydrogens (tertiary/aromatic N) is 2. The van der Waals surface area contributed by atoms with Gasteiger partial charge in [0.1, 0.15) is 0 Å². The zero-order chi connectivity index (χ0) is 11.8. The molecule has 0 saturated heterocycles. The van der Waals surface area contributed by atoms with Crippen molar-refractivity contribution in [3.63, 3.8) is 0 Å². The smallest absolute Gasteiger partial charge is 0.162 e. The number of benzene rings is 1. The Morgan fingerprint density at radius 2 is 1.81 bits per heavy atom. The van der Waals surface area contributed by atoms with Crippen molar-refractivity contribution < 1.29 is 4.79 Å². The van der Waals surface area contributed by atoms with Crippen LogP contribution in [0, 0.1) is 22.7 Å². The van der Waals surface area contributed by atoms with Gasteiger partial charge in [-0.1, -0.05) is 12.1 Å². The van der Waals surface area contributed by atoms with Crippen LogP contribution in [0.4, 0.5) is 0 Å². The van der Waals surface area contributed by atoms with Crippen LogP contribution in [-0.2, 0) is 0 Å². The second-order valence-electron chi connectivity index (χ2n) is 3.48. The van der Waals surface area contributed by atoms with Crippen LogP contribution < -0.4 is 0 Å². The van der Waals surface area contributed by atoms with E-state index in [-0.39, 0.29) is 5.78 Å². The Morgan fingerprint density at radius 1 is 1.12 bits per heavy atom. The van der Waals surface area contributed by atoms with Crippen molar-refractivity contribution in [2.24, 2.45) is 0 Å². The first-order valence-electron chi connectivity index (χ1n) is 5.18. The third-order valence-electron chi connectivity index (χ3n) is 2.28. The second kappa shape index (κ2) is 6.37. The van der Waals surface area contributed by atoms with Crippen molar-refractivity contribution in [1.82, 2.24) is 0 Å². The molecule has 0 bridgehead atoms. The molecule has 0 aliphatic heterocycles. The van der Waals surface area contributed by atoms with Crippen LogP contribution in [-0.4, -0.2) is 5.78 Å². The van der Waals surface area contributed by atoms with Crippen molar-refractivity contribution in [2.45, 2.75) is 25.7 Å². The average molecular weight is 212 g/mol. The summed E-state index contributed by atoms with van der Waals surface area (Å²) in [5.74, 6) is 0.0717. The molecule has 0 fully saturated rings. The van der Waals surface area contributed by atoms with E-state index in [2.05, 4.69) is 0 Å². The maximum atomic E-state index is 11.6. The lowest BCUT2D eigenvalue weighted by Crippen LogP contribution is -1.98. The molecule has 0 radical (unpaired) electrons. The van der Waals surface area contributed by atoms with Gasteiger partial charge in [0.05, 0.1) is 17.7 Å². The number of Topliss-reactive ketones (excluding diaryl/α,β-unsaturated/α-hetero) is 1. The van der Waals surface area contributed by atoms with Gasteiger partial charge in [-0.15, -0.1) is 0 Å². The summed E-state index contributed by atoms with van der Waals surface area (Å²) in [7, 11) is 0. The molecule has 0 amide bonds. The minimum atomic E-state index is 0.0717. The molecule has 1 rings (SSSR count). The standard InChI is InChI=1S/C13H12N2O/c14-9-3-1-2-4-13(16)12-7-5-11(10-15)6-8-12/h5-8H,1-4H2. The van der Waals surface area contributed by atoms with E-state index in [1.807, 2.05) is 12.1 Å². The maximum Gasteiger partial charge on any atom is 0.162 e. The summed E-state index contributed by atoms with van der Waals surface area (Å²) in [4.78, 5) is 11.6. The molecular formula is C13H12N2O. The SMILES string of the molecule is N#CCCCCC(=O)c1ccc(C#N)cc1. The second-order valence-corrected chi connectivity index (χ2v) is 3.48. The molecule has 1 aromatic carbocycles. The first-order chi connectivity index (χ1) is 7.77. The number of carbonyl (C=O) groups is 1. The number of nitriles is 2. The van der Waals surface area contributed by atoms with Gasteiger partial charge in [-0.05, 0) is 25.0 Å². The van der Waals surface area contributed by atoms with Crippen LogP contribution in [0.3, 0.4) is 0 Å². The highest BCUT2D eigenvalue weighted by molar-refractivity contribution is 5.96. The predicted molar refractivity (Wildman–Crippen MR) is 59.6 cm³/mol. The molecule has 16 heavy (non-hydrogen) atoms. The van der Waals surface area contributed by atoms with Gasteiger partial charge in [-0.2, -0.15) is 10.5 Å². The fourth-order valence-corrected chi connectivity index (χ4v) is 1.36. The topological polar surface area (TPSA) is 64.7 Å². The van der Waals surface area contributed by atoms with E-state index in [1.54, 1.807) is 24.3 Å². The molecular weight excluding hydrogens is 200 g/mol. The summed E-state index contributed by atoms with van der Waals surface area (Å²) in [5.41, 5.74) is 1.19. The van der Waals surface area contributed by atoms with Crippen LogP contribution in [0.2, 0.25) is 0 Å². The van der Waals surface area contributed by atoms with E-state index < -0.39 is 0 Å². The third-order valence-corrected chi connectivity index (χ3v) is 2.28. The Morgan fingerprint density at radius 3 is 2.38 bits per heavy atom. The number of rotatable bonds is 5. The van der Waals surface area contributed by atoms with Crippen molar-refractivity contribution >= 4 is 5.78 Å². The van der Waals surface area contributed by atoms with Crippen LogP contribution in [0.25, 0.3) is 0 Å². The van der Waals surface area contributed by atoms with Crippen LogP contribution in [0.1, 0.15) is 41.6 Å². The number of hydrogen-bond donors (Lipinski definition) is 0. The van der Waals surface area contributed by atoms with Gasteiger partial charge in [-0.25, -0.2) is 0 Å². The number of ketones is 1. The van der Waals surface area contributed by atoms with Crippen LogP contribution in [0.15, 0.2) is 24.3 Å². The molecule has 3 heteroatoms. The Kier molecular flexibility index (Phi) is 4.76. The molecule has 3 nitrogen and oxygen atoms in total. The Hall–Kier alpha value is -2.13. The Balaban J connectivity index is 2.48. The molecule has 0 unspecified atom stereocenters. The van der Waals surface area contributed by atoms with Gasteiger partial charge >= 0.3 is 0 Å². The molecule has 0 N–H and O–H groups in total. The van der Waals surface area contributed by atoms with E-state index in [0.29, 0.717) is 24.0 Å². The summed E-state index contributed by atoms with van der Waals surface area (Å²) in [6.45, 7) is 0. The lowest BCUT2D eigenvalue weighted by Gasteiger charge is -1.99. The van der Waals surface area contributed by atoms with Gasteiger partial charge in [0.25, 0.3) is 0 Å². The normalized spacial score (nSPS) is 9.12. The first-order valence-corrected chi connectivity index (χ1v) is 5.18. The molecule has 0 aliphatic carbocycles. The van der Waals surface area contributed by atoms with Crippen LogP contribution >= 0.6 is 0 Å². The van der Waals surface area contributed by atoms with Crippen molar-refractivity contribution in [2.75, 3.05) is 0 Å². The molecule has 1 aromatic rings. The molecule has 0 aromatic heterocycles. The summed E-state index contributed by atoms with van der Waals surface area (Å²) in [6, 6.07) is 10.7. The molecule has 80 valence electrons. The zero-order valence-electron chi connectivity index (χ0n) is 8.94. The van der Waals surface area contributed by atoms with Gasteiger partial charge in [0.15, 0.2) is 5.78 Å². The largest absolute Gasteiger partial charge is 0.294 e. The fraction of sp³-hybridized carbons (Fsp3) is 0.308. The zero-order valence-corrected chi connectivity index (χ0v) is 8.94. The average Bonchev–Trinajstić information content (AvgIpc) is 2.34. The summed E-state index contributed by atoms with van der Waals surface area (Å²) >= 11 is 0. The summed E-state index contributed by atoms with van der Waals surface area (Å²) in [5, 5.41) is 16.9. The fourth-order valence-electron chi connectivity index (χ4n) is 1.36. The molecule has 0 atom stereocenters. The number of hydrogen-bond acceptors (Lipinski definition) is 3. The Labute approximate surface area is 94.9 Å². The Bertz CT molecular complexity index is 434. The minimum absolute atomic E-state index is 0.0717. The number of carbonyl (C=O) groups excluding carboxylic acids is 1. The van der Waals surface area contributed by atoms with Gasteiger partial charge in [0, 0.05) is 18.4 Å². The van der Waals surface area contributed by atoms with Crippen molar-refractivity contribution in [3.05, 3.63) is 35.4 Å². The van der Waals surface area contributed by atoms with Crippen molar-refractivity contribution in [3.8, 4) is 12.1 Å². The quantitative estimate of drug-likeness (QED) is 0.556. The maximum absolute atomic E-state index is 11.6. The monoisotopic (exact) mass is 212 g/mol. The van der Waals surface area contributed by atoms with E-state index in [9.17, 15) is 4.79 Å².